The number of hydrazine groups is 1. The molecule has 0 unspecified atom stereocenters. The van der Waals surface area contributed by atoms with Gasteiger partial charge in [0.1, 0.15) is 11.1 Å². The minimum Gasteiger partial charge on any atom is -0.480 e. The fourth-order valence-electron chi connectivity index (χ4n) is 1.53. The Morgan fingerprint density at radius 3 is 2.09 bits per heavy atom. The number of carboxylic acids is 1. The Kier molecular flexibility index (Phi) is 5.54. The average molecular weight is 308 g/mol. The molecule has 0 spiro atoms. The Balaban J connectivity index is 2.57. The second-order valence-corrected chi connectivity index (χ2v) is 6.64. The van der Waals surface area contributed by atoms with E-state index < -0.39 is 17.1 Å². The van der Waals surface area contributed by atoms with Gasteiger partial charge in [0.2, 0.25) is 0 Å². The van der Waals surface area contributed by atoms with Gasteiger partial charge in [0.05, 0.1) is 6.42 Å². The highest BCUT2D eigenvalue weighted by Crippen LogP contribution is 2.13. The maximum atomic E-state index is 11.7. The third-order valence-corrected chi connectivity index (χ3v) is 2.78. The van der Waals surface area contributed by atoms with Gasteiger partial charge in [-0.1, -0.05) is 12.1 Å². The van der Waals surface area contributed by atoms with E-state index in [2.05, 4.69) is 10.9 Å². The van der Waals surface area contributed by atoms with Crippen molar-refractivity contribution in [3.63, 3.8) is 0 Å². The number of hydrogen-bond donors (Lipinski definition) is 3. The van der Waals surface area contributed by atoms with E-state index in [0.717, 1.165) is 5.56 Å². The van der Waals surface area contributed by atoms with Gasteiger partial charge < -0.3 is 15.3 Å². The number of carbonyl (C=O) groups excluding carboxylic acids is 1. The van der Waals surface area contributed by atoms with Gasteiger partial charge in [0, 0.05) is 5.69 Å². The second-order valence-electron chi connectivity index (χ2n) is 6.64. The van der Waals surface area contributed by atoms with E-state index in [0.29, 0.717) is 5.69 Å². The number of carbonyl (C=O) groups is 2. The summed E-state index contributed by atoms with van der Waals surface area (Å²) < 4.78 is 5.26. The first-order valence-corrected chi connectivity index (χ1v) is 7.07. The Bertz CT molecular complexity index is 530. The third-order valence-electron chi connectivity index (χ3n) is 2.78. The normalized spacial score (nSPS) is 11.9. The molecule has 6 nitrogen and oxygen atoms in total. The molecule has 1 aromatic carbocycles. The lowest BCUT2D eigenvalue weighted by Gasteiger charge is -2.22. The van der Waals surface area contributed by atoms with Gasteiger partial charge >= 0.3 is 11.9 Å². The summed E-state index contributed by atoms with van der Waals surface area (Å²) in [6, 6.07) is 7.12. The lowest BCUT2D eigenvalue weighted by molar-refractivity contribution is -0.154. The molecule has 0 amide bonds. The summed E-state index contributed by atoms with van der Waals surface area (Å²) in [6.07, 6.45) is 0.200. The van der Waals surface area contributed by atoms with Crippen molar-refractivity contribution >= 4 is 17.6 Å². The van der Waals surface area contributed by atoms with Crippen LogP contribution in [0.2, 0.25) is 0 Å². The van der Waals surface area contributed by atoms with Crippen LogP contribution in [0.25, 0.3) is 0 Å². The number of hydrogen-bond acceptors (Lipinski definition) is 5. The Hall–Kier alpha value is -2.08. The van der Waals surface area contributed by atoms with E-state index in [4.69, 9.17) is 9.84 Å². The molecule has 22 heavy (non-hydrogen) atoms. The van der Waals surface area contributed by atoms with Crippen molar-refractivity contribution in [2.45, 2.75) is 52.2 Å². The van der Waals surface area contributed by atoms with E-state index in [9.17, 15) is 9.59 Å². The molecule has 0 aliphatic carbocycles. The topological polar surface area (TPSA) is 87.7 Å². The van der Waals surface area contributed by atoms with Gasteiger partial charge in [0.15, 0.2) is 0 Å². The fourth-order valence-corrected chi connectivity index (χ4v) is 1.53. The first-order chi connectivity index (χ1) is 9.99. The van der Waals surface area contributed by atoms with E-state index in [-0.39, 0.29) is 12.4 Å². The standard InChI is InChI=1S/C16H24N2O4/c1-15(2,3)22-13(19)10-11-6-8-12(9-7-11)17-18-16(4,5)14(20)21/h6-9,17-18H,10H2,1-5H3,(H,20,21). The smallest absolute Gasteiger partial charge is 0.325 e. The van der Waals surface area contributed by atoms with Crippen LogP contribution in [0.3, 0.4) is 0 Å². The molecule has 0 heterocycles. The van der Waals surface area contributed by atoms with Crippen molar-refractivity contribution < 1.29 is 19.4 Å². The summed E-state index contributed by atoms with van der Waals surface area (Å²) in [5.74, 6) is -1.24. The second kappa shape index (κ2) is 6.79. The monoisotopic (exact) mass is 308 g/mol. The number of aliphatic carboxylic acids is 1. The summed E-state index contributed by atoms with van der Waals surface area (Å²) >= 11 is 0. The largest absolute Gasteiger partial charge is 0.480 e. The molecule has 6 heteroatoms. The fraction of sp³-hybridized carbons (Fsp3) is 0.500. The minimum atomic E-state index is -1.09. The van der Waals surface area contributed by atoms with Crippen LogP contribution in [-0.2, 0) is 20.7 Å². The summed E-state index contributed by atoms with van der Waals surface area (Å²) in [7, 11) is 0. The van der Waals surface area contributed by atoms with E-state index >= 15 is 0 Å². The van der Waals surface area contributed by atoms with Crippen molar-refractivity contribution in [3.05, 3.63) is 29.8 Å². The highest BCUT2D eigenvalue weighted by Gasteiger charge is 2.26. The molecule has 0 bridgehead atoms. The van der Waals surface area contributed by atoms with Crippen LogP contribution < -0.4 is 10.9 Å². The van der Waals surface area contributed by atoms with E-state index in [1.165, 1.54) is 0 Å². The van der Waals surface area contributed by atoms with E-state index in [1.54, 1.807) is 38.1 Å². The number of carboxylic acid groups (broad SMARTS) is 1. The highest BCUT2D eigenvalue weighted by atomic mass is 16.6. The Morgan fingerprint density at radius 1 is 1.09 bits per heavy atom. The van der Waals surface area contributed by atoms with Gasteiger partial charge in [-0.05, 0) is 52.3 Å². The molecule has 0 aromatic heterocycles. The summed E-state index contributed by atoms with van der Waals surface area (Å²) in [5, 5.41) is 9.00. The molecule has 1 aromatic rings. The molecule has 0 saturated carbocycles. The number of ether oxygens (including phenoxy) is 1. The minimum absolute atomic E-state index is 0.200. The molecular weight excluding hydrogens is 284 g/mol. The number of nitrogens with one attached hydrogen (secondary N) is 2. The highest BCUT2D eigenvalue weighted by molar-refractivity contribution is 5.78. The van der Waals surface area contributed by atoms with Gasteiger partial charge in [-0.15, -0.1) is 0 Å². The van der Waals surface area contributed by atoms with Gasteiger partial charge in [-0.25, -0.2) is 5.43 Å². The van der Waals surface area contributed by atoms with Crippen molar-refractivity contribution in [1.82, 2.24) is 5.43 Å². The van der Waals surface area contributed by atoms with Crippen LogP contribution >= 0.6 is 0 Å². The molecular formula is C16H24N2O4. The zero-order valence-corrected chi connectivity index (χ0v) is 13.7. The summed E-state index contributed by atoms with van der Waals surface area (Å²) in [5.41, 5.74) is 5.52. The molecule has 0 saturated heterocycles. The number of benzene rings is 1. The van der Waals surface area contributed by atoms with Gasteiger partial charge in [-0.3, -0.25) is 9.59 Å². The van der Waals surface area contributed by atoms with Crippen molar-refractivity contribution in [3.8, 4) is 0 Å². The lowest BCUT2D eigenvalue weighted by atomic mass is 10.1. The van der Waals surface area contributed by atoms with Crippen LogP contribution in [0, 0.1) is 0 Å². The number of esters is 1. The van der Waals surface area contributed by atoms with Crippen LogP contribution in [0.4, 0.5) is 5.69 Å². The SMILES string of the molecule is CC(C)(C)OC(=O)Cc1ccc(NNC(C)(C)C(=O)O)cc1. The number of rotatable bonds is 6. The molecule has 1 rings (SSSR count). The van der Waals surface area contributed by atoms with Crippen molar-refractivity contribution in [2.75, 3.05) is 5.43 Å². The van der Waals surface area contributed by atoms with E-state index in [1.807, 2.05) is 20.8 Å². The molecule has 0 fully saturated rings. The zero-order valence-electron chi connectivity index (χ0n) is 13.7. The summed E-state index contributed by atoms with van der Waals surface area (Å²) in [4.78, 5) is 22.7. The molecule has 0 aliphatic rings. The van der Waals surface area contributed by atoms with Crippen LogP contribution in [0.5, 0.6) is 0 Å². The quantitative estimate of drug-likeness (QED) is 0.552. The van der Waals surface area contributed by atoms with Crippen molar-refractivity contribution in [1.29, 1.82) is 0 Å². The Labute approximate surface area is 130 Å². The van der Waals surface area contributed by atoms with Crippen LogP contribution in [0.1, 0.15) is 40.2 Å². The van der Waals surface area contributed by atoms with Crippen LogP contribution in [0.15, 0.2) is 24.3 Å². The zero-order chi connectivity index (χ0) is 17.0. The molecule has 3 N–H and O–H groups in total. The Morgan fingerprint density at radius 2 is 1.64 bits per heavy atom. The molecule has 0 atom stereocenters. The first kappa shape index (κ1) is 18.0. The molecule has 122 valence electrons. The third kappa shape index (κ3) is 6.13. The lowest BCUT2D eigenvalue weighted by Crippen LogP contribution is -2.49. The van der Waals surface area contributed by atoms with Gasteiger partial charge in [-0.2, -0.15) is 0 Å². The molecule has 0 aliphatic heterocycles. The predicted molar refractivity (Wildman–Crippen MR) is 84.5 cm³/mol. The number of anilines is 1. The maximum absolute atomic E-state index is 11.7. The van der Waals surface area contributed by atoms with Crippen LogP contribution in [-0.4, -0.2) is 28.2 Å². The van der Waals surface area contributed by atoms with Crippen molar-refractivity contribution in [2.24, 2.45) is 0 Å². The first-order valence-electron chi connectivity index (χ1n) is 7.07. The molecule has 0 radical (unpaired) electrons. The maximum Gasteiger partial charge on any atom is 0.325 e. The predicted octanol–water partition coefficient (Wildman–Crippen LogP) is 2.35. The van der Waals surface area contributed by atoms with Gasteiger partial charge in [0.25, 0.3) is 0 Å². The average Bonchev–Trinajstić information content (AvgIpc) is 2.35. The summed E-state index contributed by atoms with van der Waals surface area (Å²) in [6.45, 7) is 8.59.